The van der Waals surface area contributed by atoms with E-state index in [1.807, 2.05) is 6.07 Å². The molecule has 1 aromatic rings. The highest BCUT2D eigenvalue weighted by molar-refractivity contribution is 8.22. The van der Waals surface area contributed by atoms with Crippen molar-refractivity contribution in [3.05, 3.63) is 35.9 Å². The van der Waals surface area contributed by atoms with Gasteiger partial charge in [0.2, 0.25) is 4.38 Å². The van der Waals surface area contributed by atoms with E-state index in [9.17, 15) is 4.79 Å². The Morgan fingerprint density at radius 1 is 1.38 bits per heavy atom. The number of hydrogen-bond acceptors (Lipinski definition) is 4. The zero-order valence-corrected chi connectivity index (χ0v) is 8.65. The molecule has 0 fully saturated rings. The Labute approximate surface area is 86.3 Å². The Morgan fingerprint density at radius 3 is 2.54 bits per heavy atom. The highest BCUT2D eigenvalue weighted by Gasteiger charge is 2.07. The van der Waals surface area contributed by atoms with Crippen LogP contribution >= 0.6 is 24.0 Å². The molecule has 2 nitrogen and oxygen atoms in total. The molecule has 0 amide bonds. The molecular formula is C9H8O2S2. The molecule has 0 spiro atoms. The minimum absolute atomic E-state index is 0.244. The van der Waals surface area contributed by atoms with E-state index < -0.39 is 5.97 Å². The van der Waals surface area contributed by atoms with E-state index in [2.05, 4.69) is 0 Å². The van der Waals surface area contributed by atoms with Crippen LogP contribution in [0.1, 0.15) is 10.4 Å². The maximum atomic E-state index is 11.3. The average Bonchev–Trinajstić information content (AvgIpc) is 2.19. The Kier molecular flexibility index (Phi) is 3.92. The second kappa shape index (κ2) is 4.99. The summed E-state index contributed by atoms with van der Waals surface area (Å²) in [6.45, 7) is 0. The summed E-state index contributed by atoms with van der Waals surface area (Å²) in [5.41, 5.74) is 0.513. The molecule has 0 unspecified atom stereocenters. The van der Waals surface area contributed by atoms with Crippen LogP contribution < -0.4 is 0 Å². The summed E-state index contributed by atoms with van der Waals surface area (Å²) in [6, 6.07) is 8.76. The molecule has 0 bridgehead atoms. The minimum Gasteiger partial charge on any atom is -0.405 e. The average molecular weight is 212 g/mol. The summed E-state index contributed by atoms with van der Waals surface area (Å²) in [7, 11) is 0. The molecule has 0 saturated heterocycles. The SMILES string of the molecule is CSC(=S)OC(=O)c1ccccc1. The van der Waals surface area contributed by atoms with Crippen molar-refractivity contribution in [2.24, 2.45) is 0 Å². The van der Waals surface area contributed by atoms with Crippen molar-refractivity contribution < 1.29 is 9.53 Å². The Balaban J connectivity index is 2.65. The van der Waals surface area contributed by atoms with Crippen molar-refractivity contribution in [1.29, 1.82) is 0 Å². The molecule has 0 N–H and O–H groups in total. The van der Waals surface area contributed by atoms with E-state index in [0.717, 1.165) is 0 Å². The minimum atomic E-state index is -0.403. The van der Waals surface area contributed by atoms with Gasteiger partial charge in [-0.1, -0.05) is 30.0 Å². The number of ether oxygens (including phenoxy) is 1. The number of esters is 1. The van der Waals surface area contributed by atoms with Crippen molar-refractivity contribution in [3.63, 3.8) is 0 Å². The summed E-state index contributed by atoms with van der Waals surface area (Å²) < 4.78 is 5.09. The monoisotopic (exact) mass is 212 g/mol. The fraction of sp³-hybridized carbons (Fsp3) is 0.111. The van der Waals surface area contributed by atoms with Gasteiger partial charge in [-0.15, -0.1) is 0 Å². The highest BCUT2D eigenvalue weighted by Crippen LogP contribution is 2.06. The normalized spacial score (nSPS) is 9.31. The summed E-state index contributed by atoms with van der Waals surface area (Å²) in [5, 5.41) is 0. The van der Waals surface area contributed by atoms with Gasteiger partial charge in [0.1, 0.15) is 0 Å². The van der Waals surface area contributed by atoms with Gasteiger partial charge in [0.05, 0.1) is 5.56 Å². The molecule has 1 aromatic carbocycles. The van der Waals surface area contributed by atoms with Crippen molar-refractivity contribution in [2.45, 2.75) is 0 Å². The first-order chi connectivity index (χ1) is 6.24. The largest absolute Gasteiger partial charge is 0.405 e. The molecule has 0 radical (unpaired) electrons. The van der Waals surface area contributed by atoms with Gasteiger partial charge in [0.25, 0.3) is 0 Å². The first kappa shape index (κ1) is 10.2. The number of rotatable bonds is 1. The molecule has 1 rings (SSSR count). The lowest BCUT2D eigenvalue weighted by Gasteiger charge is -2.01. The first-order valence-corrected chi connectivity index (χ1v) is 5.22. The van der Waals surface area contributed by atoms with Crippen LogP contribution in [0.4, 0.5) is 0 Å². The van der Waals surface area contributed by atoms with Gasteiger partial charge in [0, 0.05) is 0 Å². The van der Waals surface area contributed by atoms with Crippen LogP contribution in [0, 0.1) is 0 Å². The van der Waals surface area contributed by atoms with Crippen LogP contribution in [0.5, 0.6) is 0 Å². The number of benzene rings is 1. The highest BCUT2D eigenvalue weighted by atomic mass is 32.2. The van der Waals surface area contributed by atoms with Gasteiger partial charge in [0.15, 0.2) is 0 Å². The lowest BCUT2D eigenvalue weighted by atomic mass is 10.2. The van der Waals surface area contributed by atoms with E-state index in [1.165, 1.54) is 11.8 Å². The fourth-order valence-corrected chi connectivity index (χ4v) is 0.985. The molecule has 0 atom stereocenters. The number of carbonyl (C=O) groups is 1. The molecule has 68 valence electrons. The van der Waals surface area contributed by atoms with Gasteiger partial charge >= 0.3 is 5.97 Å². The number of hydrogen-bond donors (Lipinski definition) is 0. The van der Waals surface area contributed by atoms with Gasteiger partial charge in [-0.25, -0.2) is 4.79 Å². The summed E-state index contributed by atoms with van der Waals surface area (Å²) in [5.74, 6) is -0.403. The predicted molar refractivity (Wildman–Crippen MR) is 58.0 cm³/mol. The molecule has 0 aliphatic carbocycles. The second-order valence-corrected chi connectivity index (χ2v) is 3.62. The zero-order valence-electron chi connectivity index (χ0n) is 7.02. The smallest absolute Gasteiger partial charge is 0.344 e. The van der Waals surface area contributed by atoms with Crippen LogP contribution in [0.2, 0.25) is 0 Å². The van der Waals surface area contributed by atoms with Crippen molar-refractivity contribution in [2.75, 3.05) is 6.26 Å². The van der Waals surface area contributed by atoms with Gasteiger partial charge < -0.3 is 4.74 Å². The van der Waals surface area contributed by atoms with Crippen molar-refractivity contribution >= 4 is 34.3 Å². The van der Waals surface area contributed by atoms with E-state index >= 15 is 0 Å². The van der Waals surface area contributed by atoms with E-state index in [4.69, 9.17) is 17.0 Å². The summed E-state index contributed by atoms with van der Waals surface area (Å²) in [6.07, 6.45) is 1.76. The van der Waals surface area contributed by atoms with Crippen LogP contribution in [0.15, 0.2) is 30.3 Å². The van der Waals surface area contributed by atoms with E-state index in [-0.39, 0.29) is 4.38 Å². The lowest BCUT2D eigenvalue weighted by Crippen LogP contribution is -2.07. The third-order valence-corrected chi connectivity index (χ3v) is 2.35. The van der Waals surface area contributed by atoms with Crippen LogP contribution in [-0.2, 0) is 4.74 Å². The molecule has 4 heteroatoms. The molecular weight excluding hydrogens is 204 g/mol. The summed E-state index contributed by atoms with van der Waals surface area (Å²) >= 11 is 5.99. The fourth-order valence-electron chi connectivity index (χ4n) is 0.751. The topological polar surface area (TPSA) is 26.3 Å². The van der Waals surface area contributed by atoms with Crippen molar-refractivity contribution in [3.8, 4) is 0 Å². The maximum absolute atomic E-state index is 11.3. The quantitative estimate of drug-likeness (QED) is 0.528. The first-order valence-electron chi connectivity index (χ1n) is 3.59. The number of carbonyl (C=O) groups excluding carboxylic acids is 1. The third kappa shape index (κ3) is 3.16. The third-order valence-electron chi connectivity index (χ3n) is 1.35. The zero-order chi connectivity index (χ0) is 9.68. The molecule has 0 aliphatic rings. The molecule has 0 heterocycles. The second-order valence-electron chi connectivity index (χ2n) is 2.21. The molecule has 0 aliphatic heterocycles. The van der Waals surface area contributed by atoms with E-state index in [1.54, 1.807) is 30.5 Å². The lowest BCUT2D eigenvalue weighted by molar-refractivity contribution is 0.0729. The van der Waals surface area contributed by atoms with E-state index in [0.29, 0.717) is 5.56 Å². The Hall–Kier alpha value is -0.870. The van der Waals surface area contributed by atoms with Crippen LogP contribution in [0.3, 0.4) is 0 Å². The molecule has 13 heavy (non-hydrogen) atoms. The standard InChI is InChI=1S/C9H8O2S2/c1-13-9(12)11-8(10)7-5-3-2-4-6-7/h2-6H,1H3. The predicted octanol–water partition coefficient (Wildman–Crippen LogP) is 2.49. The molecule has 0 saturated carbocycles. The van der Waals surface area contributed by atoms with Gasteiger partial charge in [-0.2, -0.15) is 0 Å². The van der Waals surface area contributed by atoms with Gasteiger partial charge in [-0.3, -0.25) is 0 Å². The van der Waals surface area contributed by atoms with Crippen LogP contribution in [-0.4, -0.2) is 16.6 Å². The van der Waals surface area contributed by atoms with Gasteiger partial charge in [-0.05, 0) is 30.6 Å². The Morgan fingerprint density at radius 2 is 2.00 bits per heavy atom. The summed E-state index contributed by atoms with van der Waals surface area (Å²) in [4.78, 5) is 11.3. The van der Waals surface area contributed by atoms with Crippen molar-refractivity contribution in [1.82, 2.24) is 0 Å². The van der Waals surface area contributed by atoms with Crippen LogP contribution in [0.25, 0.3) is 0 Å². The maximum Gasteiger partial charge on any atom is 0.344 e. The Bertz CT molecular complexity index is 309. The number of thiocarbonyl (C=S) groups is 1. The molecule has 0 aromatic heterocycles. The number of thioether (sulfide) groups is 1.